The molecule has 150 valence electrons. The molecule has 28 heavy (non-hydrogen) atoms. The van der Waals surface area contributed by atoms with E-state index in [0.29, 0.717) is 11.6 Å². The van der Waals surface area contributed by atoms with E-state index in [2.05, 4.69) is 15.1 Å². The molecule has 3 rings (SSSR count). The molecule has 5 nitrogen and oxygen atoms in total. The standard InChI is InChI=1S/C21H25ClFN3O2/c1-16(21(27)24-20-5-3-2-4-19(20)23)26-12-10-25(11-13-26)14-15-28-18-8-6-17(22)7-9-18/h2-9,16H,10-15H2,1H3,(H,24,27). The van der Waals surface area contributed by atoms with Gasteiger partial charge in [-0.3, -0.25) is 14.6 Å². The van der Waals surface area contributed by atoms with E-state index in [0.717, 1.165) is 38.5 Å². The quantitative estimate of drug-likeness (QED) is 0.765. The Labute approximate surface area is 170 Å². The maximum absolute atomic E-state index is 13.7. The van der Waals surface area contributed by atoms with Crippen LogP contribution in [0.15, 0.2) is 48.5 Å². The Bertz CT molecular complexity index is 779. The van der Waals surface area contributed by atoms with Gasteiger partial charge in [0.15, 0.2) is 0 Å². The molecule has 1 aliphatic heterocycles. The minimum atomic E-state index is -0.423. The third kappa shape index (κ3) is 5.67. The molecule has 1 saturated heterocycles. The van der Waals surface area contributed by atoms with E-state index < -0.39 is 5.82 Å². The predicted octanol–water partition coefficient (Wildman–Crippen LogP) is 3.50. The number of amides is 1. The Balaban J connectivity index is 1.39. The van der Waals surface area contributed by atoms with Crippen LogP contribution in [0.25, 0.3) is 0 Å². The van der Waals surface area contributed by atoms with Gasteiger partial charge in [-0.15, -0.1) is 0 Å². The van der Waals surface area contributed by atoms with Crippen molar-refractivity contribution in [2.75, 3.05) is 44.6 Å². The third-order valence-electron chi connectivity index (χ3n) is 4.96. The average molecular weight is 406 g/mol. The van der Waals surface area contributed by atoms with Crippen LogP contribution in [-0.2, 0) is 4.79 Å². The molecule has 1 unspecified atom stereocenters. The first-order chi connectivity index (χ1) is 13.5. The number of halogens is 2. The number of nitrogens with zero attached hydrogens (tertiary/aromatic N) is 2. The fraction of sp³-hybridized carbons (Fsp3) is 0.381. The van der Waals surface area contributed by atoms with Crippen LogP contribution in [0.5, 0.6) is 5.75 Å². The number of piperazine rings is 1. The summed E-state index contributed by atoms with van der Waals surface area (Å²) >= 11 is 5.87. The summed E-state index contributed by atoms with van der Waals surface area (Å²) in [5.41, 5.74) is 0.220. The summed E-state index contributed by atoms with van der Waals surface area (Å²) in [5, 5.41) is 3.37. The van der Waals surface area contributed by atoms with Gasteiger partial charge in [-0.2, -0.15) is 0 Å². The zero-order valence-corrected chi connectivity index (χ0v) is 16.7. The van der Waals surface area contributed by atoms with E-state index in [1.807, 2.05) is 31.2 Å². The van der Waals surface area contributed by atoms with Crippen molar-refractivity contribution < 1.29 is 13.9 Å². The number of benzene rings is 2. The molecule has 0 radical (unpaired) electrons. The summed E-state index contributed by atoms with van der Waals surface area (Å²) in [6.07, 6.45) is 0. The van der Waals surface area contributed by atoms with Crippen LogP contribution in [-0.4, -0.2) is 61.1 Å². The number of carbonyl (C=O) groups is 1. The molecule has 0 bridgehead atoms. The first kappa shape index (κ1) is 20.6. The lowest BCUT2D eigenvalue weighted by Crippen LogP contribution is -2.53. The first-order valence-corrected chi connectivity index (χ1v) is 9.81. The van der Waals surface area contributed by atoms with Crippen LogP contribution in [0.2, 0.25) is 5.02 Å². The normalized spacial score (nSPS) is 16.5. The van der Waals surface area contributed by atoms with Gasteiger partial charge >= 0.3 is 0 Å². The van der Waals surface area contributed by atoms with Crippen LogP contribution in [0, 0.1) is 5.82 Å². The third-order valence-corrected chi connectivity index (χ3v) is 5.21. The van der Waals surface area contributed by atoms with Gasteiger partial charge in [-0.25, -0.2) is 4.39 Å². The lowest BCUT2D eigenvalue weighted by atomic mass is 10.2. The number of carbonyl (C=O) groups excluding carboxylic acids is 1. The predicted molar refractivity (Wildman–Crippen MR) is 109 cm³/mol. The molecule has 1 N–H and O–H groups in total. The van der Waals surface area contributed by atoms with Gasteiger partial charge in [0.2, 0.25) is 5.91 Å². The zero-order chi connectivity index (χ0) is 19.9. The fourth-order valence-corrected chi connectivity index (χ4v) is 3.29. The second-order valence-corrected chi connectivity index (χ2v) is 7.26. The van der Waals surface area contributed by atoms with Crippen molar-refractivity contribution in [2.24, 2.45) is 0 Å². The van der Waals surface area contributed by atoms with Crippen molar-refractivity contribution in [2.45, 2.75) is 13.0 Å². The van der Waals surface area contributed by atoms with Gasteiger partial charge in [0.1, 0.15) is 18.2 Å². The van der Waals surface area contributed by atoms with Crippen molar-refractivity contribution in [1.29, 1.82) is 0 Å². The maximum Gasteiger partial charge on any atom is 0.241 e. The molecule has 2 aromatic carbocycles. The van der Waals surface area contributed by atoms with Crippen LogP contribution in [0.1, 0.15) is 6.92 Å². The lowest BCUT2D eigenvalue weighted by Gasteiger charge is -2.37. The van der Waals surface area contributed by atoms with Crippen molar-refractivity contribution in [3.05, 3.63) is 59.4 Å². The number of para-hydroxylation sites is 1. The Morgan fingerprint density at radius 2 is 1.82 bits per heavy atom. The average Bonchev–Trinajstić information content (AvgIpc) is 2.71. The largest absolute Gasteiger partial charge is 0.492 e. The van der Waals surface area contributed by atoms with E-state index in [-0.39, 0.29) is 17.6 Å². The molecule has 1 fully saturated rings. The van der Waals surface area contributed by atoms with E-state index >= 15 is 0 Å². The first-order valence-electron chi connectivity index (χ1n) is 9.43. The van der Waals surface area contributed by atoms with Crippen molar-refractivity contribution in [1.82, 2.24) is 9.80 Å². The number of rotatable bonds is 7. The zero-order valence-electron chi connectivity index (χ0n) is 15.9. The van der Waals surface area contributed by atoms with Crippen LogP contribution < -0.4 is 10.1 Å². The Hall–Kier alpha value is -2.15. The Kier molecular flexibility index (Phi) is 7.25. The molecular weight excluding hydrogens is 381 g/mol. The van der Waals surface area contributed by atoms with Crippen molar-refractivity contribution in [3.8, 4) is 5.75 Å². The number of ether oxygens (including phenoxy) is 1. The molecule has 1 heterocycles. The molecule has 1 atom stereocenters. The van der Waals surface area contributed by atoms with Crippen molar-refractivity contribution >= 4 is 23.2 Å². The molecule has 0 spiro atoms. The van der Waals surface area contributed by atoms with Crippen molar-refractivity contribution in [3.63, 3.8) is 0 Å². The minimum absolute atomic E-state index is 0.190. The van der Waals surface area contributed by atoms with E-state index in [1.54, 1.807) is 18.2 Å². The van der Waals surface area contributed by atoms with Gasteiger partial charge < -0.3 is 10.1 Å². The summed E-state index contributed by atoms with van der Waals surface area (Å²) < 4.78 is 19.5. The van der Waals surface area contributed by atoms with Crippen LogP contribution in [0.4, 0.5) is 10.1 Å². The molecule has 7 heteroatoms. The smallest absolute Gasteiger partial charge is 0.241 e. The minimum Gasteiger partial charge on any atom is -0.492 e. The highest BCUT2D eigenvalue weighted by atomic mass is 35.5. The second-order valence-electron chi connectivity index (χ2n) is 6.83. The number of hydrogen-bond acceptors (Lipinski definition) is 4. The van der Waals surface area contributed by atoms with Crippen LogP contribution >= 0.6 is 11.6 Å². The molecule has 1 amide bonds. The summed E-state index contributed by atoms with van der Waals surface area (Å²) in [6, 6.07) is 13.2. The summed E-state index contributed by atoms with van der Waals surface area (Å²) in [4.78, 5) is 16.9. The topological polar surface area (TPSA) is 44.8 Å². The van der Waals surface area contributed by atoms with E-state index in [9.17, 15) is 9.18 Å². The molecule has 1 aliphatic rings. The van der Waals surface area contributed by atoms with Gasteiger partial charge in [0.25, 0.3) is 0 Å². The molecule has 0 saturated carbocycles. The summed E-state index contributed by atoms with van der Waals surface area (Å²) in [7, 11) is 0. The number of anilines is 1. The highest BCUT2D eigenvalue weighted by Crippen LogP contribution is 2.16. The van der Waals surface area contributed by atoms with E-state index in [4.69, 9.17) is 16.3 Å². The molecule has 0 aromatic heterocycles. The SMILES string of the molecule is CC(C(=O)Nc1ccccc1F)N1CCN(CCOc2ccc(Cl)cc2)CC1. The van der Waals surface area contributed by atoms with Crippen LogP contribution in [0.3, 0.4) is 0 Å². The maximum atomic E-state index is 13.7. The Morgan fingerprint density at radius 3 is 2.50 bits per heavy atom. The fourth-order valence-electron chi connectivity index (χ4n) is 3.16. The highest BCUT2D eigenvalue weighted by molar-refractivity contribution is 6.30. The summed E-state index contributed by atoms with van der Waals surface area (Å²) in [6.45, 7) is 6.58. The number of nitrogens with one attached hydrogen (secondary N) is 1. The van der Waals surface area contributed by atoms with E-state index in [1.165, 1.54) is 6.07 Å². The lowest BCUT2D eigenvalue weighted by molar-refractivity contribution is -0.121. The Morgan fingerprint density at radius 1 is 1.14 bits per heavy atom. The highest BCUT2D eigenvalue weighted by Gasteiger charge is 2.25. The number of hydrogen-bond donors (Lipinski definition) is 1. The molecule has 0 aliphatic carbocycles. The van der Waals surface area contributed by atoms with Gasteiger partial charge in [-0.1, -0.05) is 23.7 Å². The molecular formula is C21H25ClFN3O2. The monoisotopic (exact) mass is 405 g/mol. The second kappa shape index (κ2) is 9.87. The summed E-state index contributed by atoms with van der Waals surface area (Å²) in [5.74, 6) is 0.194. The van der Waals surface area contributed by atoms with Gasteiger partial charge in [0.05, 0.1) is 11.7 Å². The molecule has 2 aromatic rings. The van der Waals surface area contributed by atoms with Gasteiger partial charge in [0, 0.05) is 37.7 Å². The van der Waals surface area contributed by atoms with Gasteiger partial charge in [-0.05, 0) is 43.3 Å².